The van der Waals surface area contributed by atoms with E-state index in [1.54, 1.807) is 0 Å². The number of anilines is 1. The molecule has 0 heterocycles. The molecule has 0 aromatic heterocycles. The smallest absolute Gasteiger partial charge is 0.378 e. The van der Waals surface area contributed by atoms with Crippen molar-refractivity contribution in [2.75, 3.05) is 25.0 Å². The van der Waals surface area contributed by atoms with Crippen LogP contribution in [0.25, 0.3) is 0 Å². The Balaban J connectivity index is 1.81. The molecule has 0 saturated carbocycles. The van der Waals surface area contributed by atoms with Gasteiger partial charge in [0.1, 0.15) is 11.5 Å². The van der Waals surface area contributed by atoms with Gasteiger partial charge >= 0.3 is 6.18 Å². The zero-order valence-corrected chi connectivity index (χ0v) is 15.3. The Labute approximate surface area is 167 Å². The van der Waals surface area contributed by atoms with E-state index in [0.717, 1.165) is 18.2 Å². The molecule has 160 valence electrons. The number of hydrogen-bond donors (Lipinski definition) is 3. The highest BCUT2D eigenvalue weighted by Gasteiger charge is 2.33. The van der Waals surface area contributed by atoms with E-state index in [1.807, 2.05) is 0 Å². The lowest BCUT2D eigenvalue weighted by Gasteiger charge is -2.11. The molecule has 0 saturated heterocycles. The molecule has 2 amide bonds. The third kappa shape index (κ3) is 6.43. The van der Waals surface area contributed by atoms with E-state index in [9.17, 15) is 37.3 Å². The average molecular weight is 428 g/mol. The number of hydrogen-bond acceptors (Lipinski definition) is 5. The summed E-state index contributed by atoms with van der Waals surface area (Å²) in [5.74, 6) is -1.83. The monoisotopic (exact) mass is 428 g/mol. The minimum absolute atomic E-state index is 0.0181. The first kappa shape index (κ1) is 22.6. The number of rotatable bonds is 8. The fourth-order valence-corrected chi connectivity index (χ4v) is 2.36. The van der Waals surface area contributed by atoms with E-state index in [4.69, 9.17) is 0 Å². The molecule has 30 heavy (non-hydrogen) atoms. The molecule has 8 nitrogen and oxygen atoms in total. The molecule has 0 aliphatic carbocycles. The topological polar surface area (TPSA) is 113 Å². The molecule has 3 N–H and O–H groups in total. The number of carbonyl (C=O) groups is 2. The Bertz CT molecular complexity index is 950. The van der Waals surface area contributed by atoms with Gasteiger partial charge in [-0.25, -0.2) is 4.39 Å². The maximum Gasteiger partial charge on any atom is 0.416 e. The molecule has 0 atom stereocenters. The van der Waals surface area contributed by atoms with Crippen molar-refractivity contribution in [1.82, 2.24) is 10.6 Å². The molecular formula is C18H16F4N4O4. The van der Waals surface area contributed by atoms with Crippen molar-refractivity contribution in [2.24, 2.45) is 0 Å². The van der Waals surface area contributed by atoms with Crippen LogP contribution in [-0.2, 0) is 11.0 Å². The number of nitro groups is 1. The fourth-order valence-electron chi connectivity index (χ4n) is 2.36. The van der Waals surface area contributed by atoms with Crippen molar-refractivity contribution in [3.63, 3.8) is 0 Å². The summed E-state index contributed by atoms with van der Waals surface area (Å²) in [6.45, 7) is -0.432. The van der Waals surface area contributed by atoms with Crippen molar-refractivity contribution in [3.05, 3.63) is 69.5 Å². The molecule has 2 aromatic carbocycles. The highest BCUT2D eigenvalue weighted by molar-refractivity contribution is 5.96. The van der Waals surface area contributed by atoms with Gasteiger partial charge in [-0.05, 0) is 30.3 Å². The normalized spacial score (nSPS) is 10.9. The predicted octanol–water partition coefficient (Wildman–Crippen LogP) is 2.71. The van der Waals surface area contributed by atoms with Gasteiger partial charge in [-0.15, -0.1) is 0 Å². The van der Waals surface area contributed by atoms with Gasteiger partial charge in [0.25, 0.3) is 11.6 Å². The van der Waals surface area contributed by atoms with Crippen LogP contribution >= 0.6 is 0 Å². The number of carbonyl (C=O) groups excluding carboxylic acids is 2. The molecule has 0 aliphatic heterocycles. The molecule has 0 bridgehead atoms. The Morgan fingerprint density at radius 1 is 1.03 bits per heavy atom. The number of nitrogens with one attached hydrogen (secondary N) is 3. The quantitative estimate of drug-likeness (QED) is 0.259. The van der Waals surface area contributed by atoms with Crippen LogP contribution in [-0.4, -0.2) is 36.4 Å². The lowest BCUT2D eigenvalue weighted by Crippen LogP contribution is -2.38. The van der Waals surface area contributed by atoms with Gasteiger partial charge in [0.15, 0.2) is 0 Å². The summed E-state index contributed by atoms with van der Waals surface area (Å²) in [6, 6.07) is 6.94. The Morgan fingerprint density at radius 3 is 2.40 bits per heavy atom. The number of nitro benzene ring substituents is 1. The van der Waals surface area contributed by atoms with Crippen LogP contribution < -0.4 is 16.0 Å². The van der Waals surface area contributed by atoms with Gasteiger partial charge < -0.3 is 16.0 Å². The Kier molecular flexibility index (Phi) is 7.28. The second kappa shape index (κ2) is 9.67. The van der Waals surface area contributed by atoms with Crippen LogP contribution in [0.3, 0.4) is 0 Å². The van der Waals surface area contributed by atoms with Crippen LogP contribution in [0.2, 0.25) is 0 Å². The van der Waals surface area contributed by atoms with Crippen LogP contribution in [0.1, 0.15) is 15.9 Å². The van der Waals surface area contributed by atoms with Gasteiger partial charge in [0.2, 0.25) is 5.91 Å². The average Bonchev–Trinajstić information content (AvgIpc) is 2.68. The SMILES string of the molecule is O=C(CNC(=O)c1cccc(F)c1)NCCNc1ccc(C(F)(F)F)cc1[N+](=O)[O-]. The Morgan fingerprint density at radius 2 is 1.77 bits per heavy atom. The molecule has 0 aliphatic rings. The number of alkyl halides is 3. The van der Waals surface area contributed by atoms with Crippen molar-refractivity contribution >= 4 is 23.2 Å². The minimum Gasteiger partial charge on any atom is -0.378 e. The van der Waals surface area contributed by atoms with Gasteiger partial charge in [0, 0.05) is 24.7 Å². The van der Waals surface area contributed by atoms with Crippen molar-refractivity contribution in [1.29, 1.82) is 0 Å². The van der Waals surface area contributed by atoms with Crippen molar-refractivity contribution in [3.8, 4) is 0 Å². The summed E-state index contributed by atoms with van der Waals surface area (Å²) < 4.78 is 51.1. The van der Waals surface area contributed by atoms with Crippen molar-refractivity contribution < 1.29 is 32.1 Å². The zero-order chi connectivity index (χ0) is 22.3. The van der Waals surface area contributed by atoms with Gasteiger partial charge in [-0.3, -0.25) is 19.7 Å². The first-order valence-corrected chi connectivity index (χ1v) is 8.48. The summed E-state index contributed by atoms with van der Waals surface area (Å²) in [7, 11) is 0. The largest absolute Gasteiger partial charge is 0.416 e. The van der Waals surface area contributed by atoms with Crippen LogP contribution in [0.5, 0.6) is 0 Å². The molecule has 0 radical (unpaired) electrons. The van der Waals surface area contributed by atoms with E-state index >= 15 is 0 Å². The molecule has 0 fully saturated rings. The van der Waals surface area contributed by atoms with Crippen LogP contribution in [0.15, 0.2) is 42.5 Å². The van der Waals surface area contributed by atoms with E-state index in [2.05, 4.69) is 16.0 Å². The van der Waals surface area contributed by atoms with Crippen molar-refractivity contribution in [2.45, 2.75) is 6.18 Å². The van der Waals surface area contributed by atoms with Gasteiger partial charge in [0.05, 0.1) is 17.0 Å². The first-order chi connectivity index (χ1) is 14.1. The third-order valence-electron chi connectivity index (χ3n) is 3.78. The highest BCUT2D eigenvalue weighted by atomic mass is 19.4. The van der Waals surface area contributed by atoms with Gasteiger partial charge in [-0.1, -0.05) is 6.07 Å². The maximum atomic E-state index is 13.1. The summed E-state index contributed by atoms with van der Waals surface area (Å²) >= 11 is 0. The Hall–Kier alpha value is -3.70. The summed E-state index contributed by atoms with van der Waals surface area (Å²) in [5, 5.41) is 18.3. The zero-order valence-electron chi connectivity index (χ0n) is 15.3. The van der Waals surface area contributed by atoms with E-state index in [0.29, 0.717) is 12.1 Å². The second-order valence-electron chi connectivity index (χ2n) is 5.96. The maximum absolute atomic E-state index is 13.1. The third-order valence-corrected chi connectivity index (χ3v) is 3.78. The standard InChI is InChI=1S/C18H16F4N4O4/c19-13-3-1-2-11(8-13)17(28)25-10-16(27)24-7-6-23-14-5-4-12(18(20,21)22)9-15(14)26(29)30/h1-5,8-9,23H,6-7,10H2,(H,24,27)(H,25,28). The number of amides is 2. The molecule has 12 heteroatoms. The number of halogens is 4. The molecule has 0 unspecified atom stereocenters. The summed E-state index contributed by atoms with van der Waals surface area (Å²) in [6.07, 6.45) is -4.72. The number of benzene rings is 2. The van der Waals surface area contributed by atoms with E-state index in [-0.39, 0.29) is 24.3 Å². The molecule has 2 rings (SSSR count). The van der Waals surface area contributed by atoms with E-state index < -0.39 is 46.5 Å². The van der Waals surface area contributed by atoms with Crippen LogP contribution in [0.4, 0.5) is 28.9 Å². The molecular weight excluding hydrogens is 412 g/mol. The molecule has 2 aromatic rings. The van der Waals surface area contributed by atoms with Crippen LogP contribution in [0, 0.1) is 15.9 Å². The lowest BCUT2D eigenvalue weighted by molar-refractivity contribution is -0.384. The number of nitrogens with zero attached hydrogens (tertiary/aromatic N) is 1. The lowest BCUT2D eigenvalue weighted by atomic mass is 10.1. The molecule has 0 spiro atoms. The summed E-state index contributed by atoms with van der Waals surface area (Å²) in [4.78, 5) is 33.6. The second-order valence-corrected chi connectivity index (χ2v) is 5.96. The van der Waals surface area contributed by atoms with E-state index in [1.165, 1.54) is 12.1 Å². The first-order valence-electron chi connectivity index (χ1n) is 8.48. The fraction of sp³-hybridized carbons (Fsp3) is 0.222. The summed E-state index contributed by atoms with van der Waals surface area (Å²) in [5.41, 5.74) is -2.00. The minimum atomic E-state index is -4.72. The predicted molar refractivity (Wildman–Crippen MR) is 98.3 cm³/mol. The highest BCUT2D eigenvalue weighted by Crippen LogP contribution is 2.34. The van der Waals surface area contributed by atoms with Gasteiger partial charge in [-0.2, -0.15) is 13.2 Å².